The third-order valence-electron chi connectivity index (χ3n) is 2.07. The zero-order valence-corrected chi connectivity index (χ0v) is 9.44. The van der Waals surface area contributed by atoms with Gasteiger partial charge in [-0.25, -0.2) is 4.79 Å². The van der Waals surface area contributed by atoms with Gasteiger partial charge >= 0.3 is 11.9 Å². The van der Waals surface area contributed by atoms with Gasteiger partial charge in [0.15, 0.2) is 0 Å². The minimum atomic E-state index is -2.26. The van der Waals surface area contributed by atoms with Crippen LogP contribution in [0.4, 0.5) is 0 Å². The maximum atomic E-state index is 11.1. The predicted molar refractivity (Wildman–Crippen MR) is 56.5 cm³/mol. The third-order valence-corrected chi connectivity index (χ3v) is 2.07. The van der Waals surface area contributed by atoms with Crippen molar-refractivity contribution in [1.29, 1.82) is 0 Å². The summed E-state index contributed by atoms with van der Waals surface area (Å²) in [4.78, 5) is 21.5. The Hall–Kier alpha value is -1.14. The van der Waals surface area contributed by atoms with Crippen LogP contribution in [-0.4, -0.2) is 34.5 Å². The van der Waals surface area contributed by atoms with Gasteiger partial charge < -0.3 is 14.9 Å². The summed E-state index contributed by atoms with van der Waals surface area (Å²) < 4.78 is 4.85. The van der Waals surface area contributed by atoms with E-state index >= 15 is 0 Å². The molecule has 0 aromatic carbocycles. The van der Waals surface area contributed by atoms with Gasteiger partial charge in [0.05, 0.1) is 6.61 Å². The number of hydrogen-bond donors (Lipinski definition) is 3. The van der Waals surface area contributed by atoms with Gasteiger partial charge in [0.25, 0.3) is 0 Å². The number of aliphatic carboxylic acids is 1. The quantitative estimate of drug-likeness (QED) is 0.314. The number of rotatable bonds is 8. The zero-order chi connectivity index (χ0) is 12.6. The molecular weight excluding hydrogens is 214 g/mol. The van der Waals surface area contributed by atoms with Crippen LogP contribution in [0.15, 0.2) is 0 Å². The highest BCUT2D eigenvalue weighted by Gasteiger charge is 2.30. The Balaban J connectivity index is 3.65. The molecule has 4 N–H and O–H groups in total. The molecule has 16 heavy (non-hydrogen) atoms. The predicted octanol–water partition coefficient (Wildman–Crippen LogP) is 0.232. The first-order valence-corrected chi connectivity index (χ1v) is 5.30. The second-order valence-electron chi connectivity index (χ2n) is 3.66. The van der Waals surface area contributed by atoms with E-state index < -0.39 is 17.7 Å². The molecule has 94 valence electrons. The SMILES string of the molecule is CCCCOC(=O)CCCC(N)(O)C(=O)O. The Kier molecular flexibility index (Phi) is 6.67. The second-order valence-corrected chi connectivity index (χ2v) is 3.66. The molecule has 0 amide bonds. The standard InChI is InChI=1S/C10H19NO5/c1-2-3-7-16-8(12)5-4-6-10(11,15)9(13)14/h15H,2-7,11H2,1H3,(H,13,14). The summed E-state index contributed by atoms with van der Waals surface area (Å²) in [6.45, 7) is 2.36. The Labute approximate surface area is 94.4 Å². The van der Waals surface area contributed by atoms with Gasteiger partial charge in [-0.2, -0.15) is 0 Å². The number of esters is 1. The van der Waals surface area contributed by atoms with Crippen molar-refractivity contribution in [2.45, 2.75) is 44.8 Å². The van der Waals surface area contributed by atoms with Crippen molar-refractivity contribution >= 4 is 11.9 Å². The highest BCUT2D eigenvalue weighted by molar-refractivity contribution is 5.76. The summed E-state index contributed by atoms with van der Waals surface area (Å²) in [7, 11) is 0. The van der Waals surface area contributed by atoms with Crippen LogP contribution < -0.4 is 5.73 Å². The minimum absolute atomic E-state index is 0.0660. The van der Waals surface area contributed by atoms with Gasteiger partial charge in [-0.15, -0.1) is 0 Å². The van der Waals surface area contributed by atoms with Crippen LogP contribution in [0.3, 0.4) is 0 Å². The molecule has 0 radical (unpaired) electrons. The van der Waals surface area contributed by atoms with E-state index in [9.17, 15) is 9.59 Å². The van der Waals surface area contributed by atoms with E-state index in [1.165, 1.54) is 0 Å². The van der Waals surface area contributed by atoms with E-state index in [4.69, 9.17) is 20.7 Å². The van der Waals surface area contributed by atoms with Crippen LogP contribution in [0, 0.1) is 0 Å². The average molecular weight is 233 g/mol. The van der Waals surface area contributed by atoms with Gasteiger partial charge in [-0.05, 0) is 12.8 Å². The number of aliphatic hydroxyl groups is 1. The molecule has 0 aromatic heterocycles. The van der Waals surface area contributed by atoms with Crippen molar-refractivity contribution < 1.29 is 24.5 Å². The fourth-order valence-corrected chi connectivity index (χ4v) is 1.01. The molecule has 0 aliphatic carbocycles. The third kappa shape index (κ3) is 6.36. The number of carbonyl (C=O) groups excluding carboxylic acids is 1. The van der Waals surface area contributed by atoms with Crippen LogP contribution in [0.5, 0.6) is 0 Å². The molecule has 0 heterocycles. The molecule has 0 aliphatic rings. The molecule has 0 aliphatic heterocycles. The Morgan fingerprint density at radius 2 is 2.00 bits per heavy atom. The minimum Gasteiger partial charge on any atom is -0.478 e. The van der Waals surface area contributed by atoms with Crippen LogP contribution in [0.2, 0.25) is 0 Å². The Morgan fingerprint density at radius 1 is 1.38 bits per heavy atom. The monoisotopic (exact) mass is 233 g/mol. The first kappa shape index (κ1) is 14.9. The number of carboxylic acid groups (broad SMARTS) is 1. The van der Waals surface area contributed by atoms with Crippen LogP contribution in [0.1, 0.15) is 39.0 Å². The van der Waals surface area contributed by atoms with E-state index in [0.29, 0.717) is 6.61 Å². The number of nitrogens with two attached hydrogens (primary N) is 1. The fourth-order valence-electron chi connectivity index (χ4n) is 1.01. The van der Waals surface area contributed by atoms with E-state index in [1.807, 2.05) is 6.92 Å². The van der Waals surface area contributed by atoms with Crippen molar-refractivity contribution in [3.8, 4) is 0 Å². The van der Waals surface area contributed by atoms with E-state index in [-0.39, 0.29) is 19.3 Å². The molecule has 0 saturated heterocycles. The highest BCUT2D eigenvalue weighted by Crippen LogP contribution is 2.09. The van der Waals surface area contributed by atoms with Crippen LogP contribution in [0.25, 0.3) is 0 Å². The molecule has 0 spiro atoms. The topological polar surface area (TPSA) is 110 Å². The van der Waals surface area contributed by atoms with Gasteiger partial charge in [0, 0.05) is 12.8 Å². The number of carboxylic acids is 1. The number of hydrogen-bond acceptors (Lipinski definition) is 5. The molecule has 6 heteroatoms. The second kappa shape index (κ2) is 7.19. The summed E-state index contributed by atoms with van der Waals surface area (Å²) in [6.07, 6.45) is 1.82. The maximum absolute atomic E-state index is 11.1. The molecule has 0 fully saturated rings. The summed E-state index contributed by atoms with van der Waals surface area (Å²) in [5.74, 6) is -1.89. The highest BCUT2D eigenvalue weighted by atomic mass is 16.5. The summed E-state index contributed by atoms with van der Waals surface area (Å²) >= 11 is 0. The lowest BCUT2D eigenvalue weighted by atomic mass is 10.1. The molecule has 0 aromatic rings. The van der Waals surface area contributed by atoms with E-state index in [2.05, 4.69) is 0 Å². The smallest absolute Gasteiger partial charge is 0.350 e. The van der Waals surface area contributed by atoms with Crippen molar-refractivity contribution in [2.75, 3.05) is 6.61 Å². The van der Waals surface area contributed by atoms with Crippen LogP contribution in [-0.2, 0) is 14.3 Å². The lowest BCUT2D eigenvalue weighted by molar-refractivity contribution is -0.159. The molecule has 6 nitrogen and oxygen atoms in total. The fraction of sp³-hybridized carbons (Fsp3) is 0.800. The molecule has 1 unspecified atom stereocenters. The zero-order valence-electron chi connectivity index (χ0n) is 9.44. The molecular formula is C10H19NO5. The lowest BCUT2D eigenvalue weighted by Crippen LogP contribution is -2.47. The summed E-state index contributed by atoms with van der Waals surface area (Å²) in [5, 5.41) is 17.6. The lowest BCUT2D eigenvalue weighted by Gasteiger charge is -2.16. The van der Waals surface area contributed by atoms with Crippen molar-refractivity contribution in [3.05, 3.63) is 0 Å². The Morgan fingerprint density at radius 3 is 2.50 bits per heavy atom. The average Bonchev–Trinajstić information content (AvgIpc) is 2.17. The number of carbonyl (C=O) groups is 2. The first-order chi connectivity index (χ1) is 7.40. The van der Waals surface area contributed by atoms with Crippen molar-refractivity contribution in [3.63, 3.8) is 0 Å². The van der Waals surface area contributed by atoms with Gasteiger partial charge in [-0.1, -0.05) is 13.3 Å². The Bertz CT molecular complexity index is 239. The maximum Gasteiger partial charge on any atom is 0.350 e. The van der Waals surface area contributed by atoms with E-state index in [0.717, 1.165) is 12.8 Å². The van der Waals surface area contributed by atoms with Gasteiger partial charge in [0.1, 0.15) is 0 Å². The van der Waals surface area contributed by atoms with Crippen LogP contribution >= 0.6 is 0 Å². The van der Waals surface area contributed by atoms with Crippen molar-refractivity contribution in [1.82, 2.24) is 0 Å². The number of ether oxygens (including phenoxy) is 1. The first-order valence-electron chi connectivity index (χ1n) is 5.30. The van der Waals surface area contributed by atoms with Gasteiger partial charge in [0.2, 0.25) is 5.72 Å². The number of unbranched alkanes of at least 4 members (excludes halogenated alkanes) is 1. The summed E-state index contributed by atoms with van der Waals surface area (Å²) in [6, 6.07) is 0. The van der Waals surface area contributed by atoms with Gasteiger partial charge in [-0.3, -0.25) is 10.5 Å². The summed E-state index contributed by atoms with van der Waals surface area (Å²) in [5.41, 5.74) is 2.81. The molecule has 0 bridgehead atoms. The largest absolute Gasteiger partial charge is 0.478 e. The normalized spacial score (nSPS) is 14.2. The molecule has 1 atom stereocenters. The van der Waals surface area contributed by atoms with E-state index in [1.54, 1.807) is 0 Å². The van der Waals surface area contributed by atoms with Crippen molar-refractivity contribution in [2.24, 2.45) is 5.73 Å². The molecule has 0 rings (SSSR count). The molecule has 0 saturated carbocycles.